The maximum atomic E-state index is 14.0. The number of amides is 2. The highest BCUT2D eigenvalue weighted by Gasteiger charge is 2.48. The van der Waals surface area contributed by atoms with Crippen LogP contribution in [-0.4, -0.2) is 40.0 Å². The van der Waals surface area contributed by atoms with Gasteiger partial charge < -0.3 is 19.5 Å². The van der Waals surface area contributed by atoms with Crippen molar-refractivity contribution in [1.82, 2.24) is 14.8 Å². The summed E-state index contributed by atoms with van der Waals surface area (Å²) in [5.74, 6) is 1.29. The quantitative estimate of drug-likeness (QED) is 0.501. The molecule has 1 aliphatic carbocycles. The number of aromatic nitrogens is 1. The molecule has 3 aromatic rings. The molecule has 0 saturated heterocycles. The second-order valence-corrected chi connectivity index (χ2v) is 11.5. The van der Waals surface area contributed by atoms with E-state index in [2.05, 4.69) is 29.8 Å². The summed E-state index contributed by atoms with van der Waals surface area (Å²) < 4.78 is 8.58. The summed E-state index contributed by atoms with van der Waals surface area (Å²) in [4.78, 5) is 30.9. The molecule has 0 bridgehead atoms. The number of ether oxygens (including phenoxy) is 1. The van der Waals surface area contributed by atoms with Gasteiger partial charge in [-0.3, -0.25) is 9.59 Å². The summed E-state index contributed by atoms with van der Waals surface area (Å²) >= 11 is 1.73. The maximum absolute atomic E-state index is 14.0. The average Bonchev–Trinajstić information content (AvgIpc) is 3.42. The number of fused-ring (bicyclic) bond motifs is 3. The molecule has 3 heterocycles. The van der Waals surface area contributed by atoms with Crippen molar-refractivity contribution in [1.29, 1.82) is 0 Å². The molecule has 2 aromatic heterocycles. The van der Waals surface area contributed by atoms with Gasteiger partial charge >= 0.3 is 0 Å². The first-order valence-electron chi connectivity index (χ1n) is 12.7. The lowest BCUT2D eigenvalue weighted by Crippen LogP contribution is -2.64. The van der Waals surface area contributed by atoms with Gasteiger partial charge in [0.15, 0.2) is 0 Å². The second kappa shape index (κ2) is 9.34. The van der Waals surface area contributed by atoms with Gasteiger partial charge in [-0.15, -0.1) is 11.3 Å². The molecule has 1 N–H and O–H groups in total. The van der Waals surface area contributed by atoms with Crippen molar-refractivity contribution in [2.45, 2.75) is 77.5 Å². The van der Waals surface area contributed by atoms with E-state index in [1.807, 2.05) is 37.3 Å². The maximum Gasteiger partial charge on any atom is 0.271 e. The Morgan fingerprint density at radius 3 is 2.69 bits per heavy atom. The molecule has 1 aliphatic heterocycles. The van der Waals surface area contributed by atoms with Crippen molar-refractivity contribution < 1.29 is 14.3 Å². The molecule has 1 aromatic carbocycles. The largest absolute Gasteiger partial charge is 0.497 e. The molecule has 1 saturated carbocycles. The molecule has 6 nitrogen and oxygen atoms in total. The number of thiophene rings is 1. The van der Waals surface area contributed by atoms with Crippen molar-refractivity contribution in [3.05, 3.63) is 52.5 Å². The van der Waals surface area contributed by atoms with Crippen LogP contribution in [0.4, 0.5) is 0 Å². The highest BCUT2D eigenvalue weighted by molar-refractivity contribution is 7.19. The number of carbonyl (C=O) groups excluding carboxylic acids is 2. The van der Waals surface area contributed by atoms with E-state index in [4.69, 9.17) is 4.74 Å². The zero-order chi connectivity index (χ0) is 24.7. The Kier molecular flexibility index (Phi) is 6.38. The normalized spacial score (nSPS) is 24.5. The Balaban J connectivity index is 1.52. The van der Waals surface area contributed by atoms with Gasteiger partial charge in [-0.2, -0.15) is 0 Å². The van der Waals surface area contributed by atoms with Crippen molar-refractivity contribution >= 4 is 33.4 Å². The van der Waals surface area contributed by atoms with E-state index in [1.165, 1.54) is 4.88 Å². The number of methoxy groups -OCH3 is 1. The Morgan fingerprint density at radius 1 is 1.20 bits per heavy atom. The summed E-state index contributed by atoms with van der Waals surface area (Å²) in [6.45, 7) is 7.13. The van der Waals surface area contributed by atoms with Gasteiger partial charge in [0.25, 0.3) is 5.91 Å². The minimum Gasteiger partial charge on any atom is -0.497 e. The molecular weight excluding hydrogens is 458 g/mol. The van der Waals surface area contributed by atoms with Gasteiger partial charge in [-0.05, 0) is 74.8 Å². The molecule has 5 rings (SSSR count). The highest BCUT2D eigenvalue weighted by atomic mass is 32.1. The van der Waals surface area contributed by atoms with Crippen molar-refractivity contribution in [2.75, 3.05) is 7.11 Å². The summed E-state index contributed by atoms with van der Waals surface area (Å²) in [7, 11) is 1.64. The van der Waals surface area contributed by atoms with Crippen LogP contribution in [-0.2, 0) is 24.3 Å². The van der Waals surface area contributed by atoms with Gasteiger partial charge in [0.2, 0.25) is 5.91 Å². The van der Waals surface area contributed by atoms with Crippen LogP contribution in [0.3, 0.4) is 0 Å². The van der Waals surface area contributed by atoms with E-state index >= 15 is 0 Å². The van der Waals surface area contributed by atoms with Crippen molar-refractivity contribution in [2.24, 2.45) is 5.92 Å². The molecule has 7 heteroatoms. The smallest absolute Gasteiger partial charge is 0.271 e. The topological polar surface area (TPSA) is 63.6 Å². The first kappa shape index (κ1) is 23.9. The molecule has 0 spiro atoms. The lowest BCUT2D eigenvalue weighted by Gasteiger charge is -2.45. The first-order chi connectivity index (χ1) is 16.8. The predicted octanol–water partition coefficient (Wildman–Crippen LogP) is 5.38. The number of nitrogens with zero attached hydrogens (tertiary/aromatic N) is 2. The number of aryl methyl sites for hydroxylation is 1. The van der Waals surface area contributed by atoms with E-state index in [0.29, 0.717) is 24.7 Å². The molecule has 0 unspecified atom stereocenters. The predicted molar refractivity (Wildman–Crippen MR) is 140 cm³/mol. The Bertz CT molecular complexity index is 1250. The monoisotopic (exact) mass is 493 g/mol. The fourth-order valence-corrected chi connectivity index (χ4v) is 6.55. The minimum absolute atomic E-state index is 0.0632. The van der Waals surface area contributed by atoms with Gasteiger partial charge in [0, 0.05) is 17.5 Å². The molecular formula is C28H35N3O3S. The van der Waals surface area contributed by atoms with E-state index in [9.17, 15) is 9.59 Å². The van der Waals surface area contributed by atoms with E-state index in [-0.39, 0.29) is 17.9 Å². The Morgan fingerprint density at radius 2 is 1.97 bits per heavy atom. The third kappa shape index (κ3) is 4.35. The standard InChI is InChI=1S/C28H35N3O3S/c1-5-22-14-23-25(35-22)15-24-26(32)31(16-19-7-6-8-21(13-19)34-4)28(3,17-30(23)24)27(33)29-20-11-9-18(2)10-12-20/h6-8,13-15,18,20H,5,9-12,16-17H2,1-4H3,(H,29,33)/t18?,20?,28-/m1/s1. The second-order valence-electron chi connectivity index (χ2n) is 10.4. The van der Waals surface area contributed by atoms with Gasteiger partial charge in [-0.1, -0.05) is 26.0 Å². The van der Waals surface area contributed by atoms with Crippen LogP contribution in [0.1, 0.15) is 67.4 Å². The summed E-state index contributed by atoms with van der Waals surface area (Å²) in [6.07, 6.45) is 5.21. The minimum atomic E-state index is -1.00. The first-order valence-corrected chi connectivity index (χ1v) is 13.5. The van der Waals surface area contributed by atoms with Crippen LogP contribution in [0.25, 0.3) is 10.2 Å². The molecule has 2 amide bonds. The van der Waals surface area contributed by atoms with Crippen LogP contribution in [0.15, 0.2) is 36.4 Å². The Labute approximate surface area is 211 Å². The zero-order valence-electron chi connectivity index (χ0n) is 21.1. The summed E-state index contributed by atoms with van der Waals surface area (Å²) in [6, 6.07) is 12.1. The lowest BCUT2D eigenvalue weighted by molar-refractivity contribution is -0.134. The number of nitrogens with one attached hydrogen (secondary N) is 1. The highest BCUT2D eigenvalue weighted by Crippen LogP contribution is 2.37. The number of hydrogen-bond acceptors (Lipinski definition) is 4. The molecule has 35 heavy (non-hydrogen) atoms. The summed E-state index contributed by atoms with van der Waals surface area (Å²) in [5.41, 5.74) is 1.66. The van der Waals surface area contributed by atoms with E-state index in [0.717, 1.165) is 53.6 Å². The number of benzene rings is 1. The fraction of sp³-hybridized carbons (Fsp3) is 0.500. The van der Waals surface area contributed by atoms with Crippen molar-refractivity contribution in [3.63, 3.8) is 0 Å². The van der Waals surface area contributed by atoms with Crippen LogP contribution in [0.2, 0.25) is 0 Å². The molecule has 1 atom stereocenters. The average molecular weight is 494 g/mol. The van der Waals surface area contributed by atoms with Crippen molar-refractivity contribution in [3.8, 4) is 5.75 Å². The molecule has 186 valence electrons. The number of rotatable bonds is 6. The SMILES string of the molecule is CCc1cc2c(cc3n2C[C@](C)(C(=O)NC2CCC(C)CC2)N(Cc2cccc(OC)c2)C3=O)s1. The van der Waals surface area contributed by atoms with Crippen LogP contribution >= 0.6 is 11.3 Å². The van der Waals surface area contributed by atoms with Gasteiger partial charge in [0.1, 0.15) is 17.0 Å². The third-order valence-electron chi connectivity index (χ3n) is 7.83. The number of carbonyl (C=O) groups is 2. The van der Waals surface area contributed by atoms with Gasteiger partial charge in [-0.25, -0.2) is 0 Å². The van der Waals surface area contributed by atoms with E-state index < -0.39 is 5.54 Å². The van der Waals surface area contributed by atoms with E-state index in [1.54, 1.807) is 23.3 Å². The lowest BCUT2D eigenvalue weighted by atomic mass is 9.86. The van der Waals surface area contributed by atoms with Crippen LogP contribution < -0.4 is 10.1 Å². The van der Waals surface area contributed by atoms with Gasteiger partial charge in [0.05, 0.1) is 23.9 Å². The van der Waals surface area contributed by atoms with Crippen LogP contribution in [0, 0.1) is 5.92 Å². The number of hydrogen-bond donors (Lipinski definition) is 1. The molecule has 1 fully saturated rings. The third-order valence-corrected chi connectivity index (χ3v) is 9.05. The summed E-state index contributed by atoms with van der Waals surface area (Å²) in [5, 5.41) is 3.33. The fourth-order valence-electron chi connectivity index (χ4n) is 5.51. The zero-order valence-corrected chi connectivity index (χ0v) is 21.9. The molecule has 2 aliphatic rings. The molecule has 0 radical (unpaired) electrons. The Hall–Kier alpha value is -2.80. The van der Waals surface area contributed by atoms with Crippen LogP contribution in [0.5, 0.6) is 5.75 Å².